The van der Waals surface area contributed by atoms with Crippen LogP contribution < -0.4 is 9.13 Å². The zero-order valence-corrected chi connectivity index (χ0v) is 11.3. The molecule has 0 spiro atoms. The highest BCUT2D eigenvalue weighted by Crippen LogP contribution is 1.91. The van der Waals surface area contributed by atoms with Gasteiger partial charge >= 0.3 is 0 Å². The molecule has 0 aliphatic rings. The maximum Gasteiger partial charge on any atom is 0.171 e. The quantitative estimate of drug-likeness (QED) is 0.521. The molecular weight excluding hydrogens is 236 g/mol. The fraction of sp³-hybridized carbons (Fsp3) is 0.375. The number of ether oxygens (including phenoxy) is 1. The highest BCUT2D eigenvalue weighted by molar-refractivity contribution is 4.84. The smallest absolute Gasteiger partial charge is 0.171 e. The van der Waals surface area contributed by atoms with Crippen LogP contribution in [0.1, 0.15) is 12.8 Å². The predicted octanol–water partition coefficient (Wildman–Crippen LogP) is 1.76. The molecule has 2 aromatic heterocycles. The standard InChI is InChI=1S/C16H22N2O/c1-3-9-17(10-4-1)13-7-8-15-19-16-14-18-11-5-2-6-12-18/h1-6,9-12H,7-8,13-16H2/q+2. The van der Waals surface area contributed by atoms with Crippen molar-refractivity contribution >= 4 is 0 Å². The van der Waals surface area contributed by atoms with Crippen LogP contribution in [0.3, 0.4) is 0 Å². The second-order valence-corrected chi connectivity index (χ2v) is 4.55. The van der Waals surface area contributed by atoms with Crippen molar-refractivity contribution in [3.63, 3.8) is 0 Å². The number of pyridine rings is 2. The molecule has 0 aliphatic carbocycles. The average molecular weight is 258 g/mol. The van der Waals surface area contributed by atoms with Crippen molar-refractivity contribution in [2.24, 2.45) is 0 Å². The van der Waals surface area contributed by atoms with Crippen LogP contribution in [0, 0.1) is 0 Å². The van der Waals surface area contributed by atoms with Gasteiger partial charge in [-0.05, 0) is 6.42 Å². The van der Waals surface area contributed by atoms with E-state index in [4.69, 9.17) is 4.74 Å². The largest absolute Gasteiger partial charge is 0.375 e. The van der Waals surface area contributed by atoms with Gasteiger partial charge in [0, 0.05) is 37.3 Å². The summed E-state index contributed by atoms with van der Waals surface area (Å²) in [6.07, 6.45) is 10.6. The minimum Gasteiger partial charge on any atom is -0.375 e. The third kappa shape index (κ3) is 5.62. The van der Waals surface area contributed by atoms with Crippen LogP contribution in [0.25, 0.3) is 0 Å². The Balaban J connectivity index is 1.49. The average Bonchev–Trinajstić information content (AvgIpc) is 2.48. The van der Waals surface area contributed by atoms with Crippen molar-refractivity contribution in [3.8, 4) is 0 Å². The number of hydrogen-bond acceptors (Lipinski definition) is 1. The van der Waals surface area contributed by atoms with Crippen molar-refractivity contribution < 1.29 is 13.9 Å². The summed E-state index contributed by atoms with van der Waals surface area (Å²) in [4.78, 5) is 0. The maximum atomic E-state index is 5.65. The van der Waals surface area contributed by atoms with E-state index in [9.17, 15) is 0 Å². The van der Waals surface area contributed by atoms with Crippen LogP contribution in [0.4, 0.5) is 0 Å². The molecule has 0 atom stereocenters. The Labute approximate surface area is 115 Å². The van der Waals surface area contributed by atoms with Gasteiger partial charge in [0.25, 0.3) is 0 Å². The summed E-state index contributed by atoms with van der Waals surface area (Å²) in [6.45, 7) is 3.62. The van der Waals surface area contributed by atoms with Crippen molar-refractivity contribution in [1.29, 1.82) is 0 Å². The molecule has 2 rings (SSSR count). The number of aryl methyl sites for hydroxylation is 1. The molecule has 0 fully saturated rings. The molecule has 0 saturated heterocycles. The van der Waals surface area contributed by atoms with Crippen molar-refractivity contribution in [2.75, 3.05) is 13.2 Å². The summed E-state index contributed by atoms with van der Waals surface area (Å²) in [5.41, 5.74) is 0. The number of unbranched alkanes of at least 4 members (excludes halogenated alkanes) is 1. The van der Waals surface area contributed by atoms with E-state index >= 15 is 0 Å². The Kier molecular flexibility index (Phi) is 6.03. The second kappa shape index (κ2) is 8.38. The maximum absolute atomic E-state index is 5.65. The third-order valence-corrected chi connectivity index (χ3v) is 3.00. The monoisotopic (exact) mass is 258 g/mol. The van der Waals surface area contributed by atoms with Crippen molar-refractivity contribution in [1.82, 2.24) is 0 Å². The van der Waals surface area contributed by atoms with Crippen LogP contribution >= 0.6 is 0 Å². The zero-order valence-electron chi connectivity index (χ0n) is 11.3. The highest BCUT2D eigenvalue weighted by atomic mass is 16.5. The Morgan fingerprint density at radius 1 is 0.579 bits per heavy atom. The van der Waals surface area contributed by atoms with E-state index in [0.717, 1.165) is 39.1 Å². The lowest BCUT2D eigenvalue weighted by Crippen LogP contribution is -2.35. The molecule has 19 heavy (non-hydrogen) atoms. The summed E-state index contributed by atoms with van der Waals surface area (Å²) in [6, 6.07) is 12.3. The van der Waals surface area contributed by atoms with Gasteiger partial charge in [-0.1, -0.05) is 12.1 Å². The number of nitrogens with zero attached hydrogens (tertiary/aromatic N) is 2. The molecular formula is C16H22N2O+2. The first-order chi connectivity index (χ1) is 9.45. The zero-order chi connectivity index (χ0) is 13.2. The van der Waals surface area contributed by atoms with Gasteiger partial charge in [-0.3, -0.25) is 0 Å². The molecule has 0 unspecified atom stereocenters. The van der Waals surface area contributed by atoms with Gasteiger partial charge in [-0.15, -0.1) is 0 Å². The van der Waals surface area contributed by atoms with E-state index in [0.29, 0.717) is 0 Å². The van der Waals surface area contributed by atoms with Gasteiger partial charge in [0.15, 0.2) is 31.3 Å². The Morgan fingerprint density at radius 3 is 1.79 bits per heavy atom. The second-order valence-electron chi connectivity index (χ2n) is 4.55. The van der Waals surface area contributed by atoms with Gasteiger partial charge in [0.2, 0.25) is 0 Å². The SMILES string of the molecule is c1cc[n+](CCCCOCC[n+]2ccccc2)cc1. The van der Waals surface area contributed by atoms with Crippen LogP contribution in [-0.2, 0) is 17.8 Å². The number of aromatic nitrogens is 2. The van der Waals surface area contributed by atoms with Crippen molar-refractivity contribution in [2.45, 2.75) is 25.9 Å². The molecule has 0 N–H and O–H groups in total. The first-order valence-electron chi connectivity index (χ1n) is 6.91. The van der Waals surface area contributed by atoms with Gasteiger partial charge in [-0.2, -0.15) is 0 Å². The van der Waals surface area contributed by atoms with Gasteiger partial charge < -0.3 is 4.74 Å². The lowest BCUT2D eigenvalue weighted by Gasteiger charge is -2.01. The van der Waals surface area contributed by atoms with E-state index in [1.807, 2.05) is 24.3 Å². The molecule has 0 aliphatic heterocycles. The van der Waals surface area contributed by atoms with Gasteiger partial charge in [0.05, 0.1) is 0 Å². The molecule has 0 aromatic carbocycles. The van der Waals surface area contributed by atoms with E-state index in [1.165, 1.54) is 0 Å². The Morgan fingerprint density at radius 2 is 1.16 bits per heavy atom. The fourth-order valence-electron chi connectivity index (χ4n) is 1.94. The molecule has 0 amide bonds. The summed E-state index contributed by atoms with van der Waals surface area (Å²) in [7, 11) is 0. The molecule has 0 radical (unpaired) electrons. The number of rotatable bonds is 8. The summed E-state index contributed by atoms with van der Waals surface area (Å²) < 4.78 is 9.99. The third-order valence-electron chi connectivity index (χ3n) is 3.00. The molecule has 0 bridgehead atoms. The van der Waals surface area contributed by atoms with E-state index in [-0.39, 0.29) is 0 Å². The van der Waals surface area contributed by atoms with E-state index < -0.39 is 0 Å². The number of hydrogen-bond donors (Lipinski definition) is 0. The highest BCUT2D eigenvalue weighted by Gasteiger charge is 1.99. The van der Waals surface area contributed by atoms with Crippen LogP contribution in [0.2, 0.25) is 0 Å². The Bertz CT molecular complexity index is 401. The van der Waals surface area contributed by atoms with Crippen LogP contribution in [0.5, 0.6) is 0 Å². The first kappa shape index (κ1) is 13.7. The first-order valence-corrected chi connectivity index (χ1v) is 6.91. The molecule has 2 aromatic rings. The van der Waals surface area contributed by atoms with Crippen molar-refractivity contribution in [3.05, 3.63) is 61.2 Å². The summed E-state index contributed by atoms with van der Waals surface area (Å²) in [5.74, 6) is 0. The lowest BCUT2D eigenvalue weighted by atomic mass is 10.3. The summed E-state index contributed by atoms with van der Waals surface area (Å²) in [5, 5.41) is 0. The van der Waals surface area contributed by atoms with Gasteiger partial charge in [0.1, 0.15) is 13.2 Å². The summed E-state index contributed by atoms with van der Waals surface area (Å²) >= 11 is 0. The lowest BCUT2D eigenvalue weighted by molar-refractivity contribution is -0.698. The molecule has 100 valence electrons. The normalized spacial score (nSPS) is 10.5. The topological polar surface area (TPSA) is 17.0 Å². The minimum absolute atomic E-state index is 0.785. The van der Waals surface area contributed by atoms with Gasteiger partial charge in [-0.25, -0.2) is 9.13 Å². The molecule has 3 nitrogen and oxygen atoms in total. The Hall–Kier alpha value is -1.74. The molecule has 0 saturated carbocycles. The predicted molar refractivity (Wildman–Crippen MR) is 73.3 cm³/mol. The fourth-order valence-corrected chi connectivity index (χ4v) is 1.94. The minimum atomic E-state index is 0.785. The molecule has 3 heteroatoms. The van der Waals surface area contributed by atoms with Crippen LogP contribution in [-0.4, -0.2) is 13.2 Å². The molecule has 2 heterocycles. The van der Waals surface area contributed by atoms with E-state index in [1.54, 1.807) is 0 Å². The van der Waals surface area contributed by atoms with Crippen LogP contribution in [0.15, 0.2) is 61.2 Å². The van der Waals surface area contributed by atoms with E-state index in [2.05, 4.69) is 46.1 Å².